The van der Waals surface area contributed by atoms with Crippen LogP contribution in [-0.2, 0) is 18.0 Å². The molecule has 1 rings (SSSR count). The number of benzene rings is 1. The van der Waals surface area contributed by atoms with Gasteiger partial charge >= 0.3 is 15.6 Å². The molecule has 0 radical (unpaired) electrons. The lowest BCUT2D eigenvalue weighted by Gasteiger charge is -2.11. The highest BCUT2D eigenvalue weighted by Crippen LogP contribution is 2.57. The van der Waals surface area contributed by atoms with Gasteiger partial charge in [0.15, 0.2) is 0 Å². The standard InChI is InChI=1S/C17H27NO7P2/c1-14(11-12-24-27(22,23)25-26(19,20)21)5-4-6-16(3)13-18-17-9-7-15(2)8-10-17/h6-11,18H,4-5,12-13H2,1-3H3,(H,22,23)(H2,19,20,21). The molecular formula is C17H27NO7P2. The Labute approximate surface area is 159 Å². The zero-order chi connectivity index (χ0) is 20.5. The Morgan fingerprint density at radius 2 is 1.70 bits per heavy atom. The first-order valence-electron chi connectivity index (χ1n) is 8.33. The number of rotatable bonds is 11. The summed E-state index contributed by atoms with van der Waals surface area (Å²) in [6.45, 7) is 6.37. The molecule has 0 saturated carbocycles. The molecule has 0 saturated heterocycles. The van der Waals surface area contributed by atoms with Crippen LogP contribution in [-0.4, -0.2) is 27.8 Å². The van der Waals surface area contributed by atoms with Crippen molar-refractivity contribution in [2.45, 2.75) is 33.6 Å². The van der Waals surface area contributed by atoms with Crippen LogP contribution in [0.4, 0.5) is 5.69 Å². The van der Waals surface area contributed by atoms with Gasteiger partial charge in [0.1, 0.15) is 0 Å². The molecule has 27 heavy (non-hydrogen) atoms. The van der Waals surface area contributed by atoms with Crippen molar-refractivity contribution in [1.29, 1.82) is 0 Å². The molecule has 0 aliphatic rings. The highest BCUT2D eigenvalue weighted by molar-refractivity contribution is 7.60. The zero-order valence-corrected chi connectivity index (χ0v) is 17.5. The summed E-state index contributed by atoms with van der Waals surface area (Å²) in [5, 5.41) is 3.34. The van der Waals surface area contributed by atoms with Crippen LogP contribution in [0.3, 0.4) is 0 Å². The van der Waals surface area contributed by atoms with Gasteiger partial charge in [0.2, 0.25) is 0 Å². The molecule has 0 bridgehead atoms. The van der Waals surface area contributed by atoms with E-state index in [1.165, 1.54) is 11.1 Å². The molecule has 0 aliphatic carbocycles. The Hall–Kier alpha value is -1.24. The topological polar surface area (TPSA) is 125 Å². The van der Waals surface area contributed by atoms with E-state index in [4.69, 9.17) is 14.7 Å². The van der Waals surface area contributed by atoms with Crippen LogP contribution >= 0.6 is 15.6 Å². The second-order valence-electron chi connectivity index (χ2n) is 6.20. The summed E-state index contributed by atoms with van der Waals surface area (Å²) in [4.78, 5) is 26.2. The summed E-state index contributed by atoms with van der Waals surface area (Å²) in [7, 11) is -9.87. The third kappa shape index (κ3) is 12.0. The number of allylic oxidation sites excluding steroid dienone is 2. The monoisotopic (exact) mass is 419 g/mol. The number of anilines is 1. The predicted octanol–water partition coefficient (Wildman–Crippen LogP) is 4.31. The van der Waals surface area contributed by atoms with Crippen molar-refractivity contribution >= 4 is 21.3 Å². The zero-order valence-electron chi connectivity index (χ0n) is 15.7. The van der Waals surface area contributed by atoms with Gasteiger partial charge in [0.05, 0.1) is 6.61 Å². The lowest BCUT2D eigenvalue weighted by atomic mass is 10.1. The van der Waals surface area contributed by atoms with Crippen molar-refractivity contribution in [2.24, 2.45) is 0 Å². The predicted molar refractivity (Wildman–Crippen MR) is 105 cm³/mol. The van der Waals surface area contributed by atoms with Gasteiger partial charge in [-0.25, -0.2) is 9.13 Å². The normalized spacial score (nSPS) is 15.5. The lowest BCUT2D eigenvalue weighted by molar-refractivity contribution is 0.191. The Bertz CT molecular complexity index is 753. The van der Waals surface area contributed by atoms with E-state index in [0.29, 0.717) is 0 Å². The van der Waals surface area contributed by atoms with Crippen molar-refractivity contribution < 1.29 is 32.6 Å². The minimum atomic E-state index is -5.08. The summed E-state index contributed by atoms with van der Waals surface area (Å²) < 4.78 is 30.0. The number of aryl methyl sites for hydroxylation is 1. The number of phosphoric acid groups is 2. The maximum atomic E-state index is 11.3. The molecule has 0 aromatic heterocycles. The molecule has 1 aromatic carbocycles. The number of hydrogen-bond acceptors (Lipinski definition) is 5. The van der Waals surface area contributed by atoms with Crippen LogP contribution in [0.5, 0.6) is 0 Å². The first kappa shape index (κ1) is 23.8. The molecule has 0 spiro atoms. The molecule has 0 heterocycles. The van der Waals surface area contributed by atoms with Crippen LogP contribution in [0.25, 0.3) is 0 Å². The summed E-state index contributed by atoms with van der Waals surface area (Å²) in [6.07, 6.45) is 5.19. The summed E-state index contributed by atoms with van der Waals surface area (Å²) in [6, 6.07) is 8.17. The fourth-order valence-corrected chi connectivity index (χ4v) is 3.59. The van der Waals surface area contributed by atoms with Crippen molar-refractivity contribution in [2.75, 3.05) is 18.5 Å². The maximum Gasteiger partial charge on any atom is 0.481 e. The summed E-state index contributed by atoms with van der Waals surface area (Å²) in [5.74, 6) is 0. The Kier molecular flexibility index (Phi) is 9.63. The third-order valence-electron chi connectivity index (χ3n) is 3.53. The van der Waals surface area contributed by atoms with E-state index in [-0.39, 0.29) is 6.61 Å². The van der Waals surface area contributed by atoms with Gasteiger partial charge in [0.25, 0.3) is 0 Å². The highest BCUT2D eigenvalue weighted by Gasteiger charge is 2.31. The second kappa shape index (κ2) is 10.9. The van der Waals surface area contributed by atoms with Crippen LogP contribution in [0.1, 0.15) is 32.3 Å². The molecule has 8 nitrogen and oxygen atoms in total. The fourth-order valence-electron chi connectivity index (χ4n) is 2.07. The van der Waals surface area contributed by atoms with E-state index < -0.39 is 15.6 Å². The molecule has 0 aliphatic heterocycles. The quantitative estimate of drug-likeness (QED) is 0.309. The Morgan fingerprint density at radius 3 is 2.30 bits per heavy atom. The van der Waals surface area contributed by atoms with E-state index in [1.54, 1.807) is 6.08 Å². The fraction of sp³-hybridized carbons (Fsp3) is 0.412. The van der Waals surface area contributed by atoms with Crippen LogP contribution in [0, 0.1) is 6.92 Å². The Morgan fingerprint density at radius 1 is 1.07 bits per heavy atom. The van der Waals surface area contributed by atoms with E-state index in [0.717, 1.165) is 30.6 Å². The van der Waals surface area contributed by atoms with Gasteiger partial charge in [-0.1, -0.05) is 41.0 Å². The molecular weight excluding hydrogens is 392 g/mol. The maximum absolute atomic E-state index is 11.3. The molecule has 0 fully saturated rings. The SMILES string of the molecule is CC(=CCOP(=O)(O)OP(=O)(O)O)CCC=C(C)CNc1ccc(C)cc1. The highest BCUT2D eigenvalue weighted by atomic mass is 31.3. The average Bonchev–Trinajstić information content (AvgIpc) is 2.52. The Balaban J connectivity index is 2.33. The smallest absolute Gasteiger partial charge is 0.381 e. The van der Waals surface area contributed by atoms with Gasteiger partial charge in [-0.2, -0.15) is 4.31 Å². The van der Waals surface area contributed by atoms with Gasteiger partial charge in [-0.05, 0) is 45.7 Å². The van der Waals surface area contributed by atoms with Crippen LogP contribution < -0.4 is 5.32 Å². The lowest BCUT2D eigenvalue weighted by Crippen LogP contribution is -2.02. The van der Waals surface area contributed by atoms with Crippen LogP contribution in [0.2, 0.25) is 0 Å². The van der Waals surface area contributed by atoms with Crippen molar-refractivity contribution in [3.8, 4) is 0 Å². The van der Waals surface area contributed by atoms with E-state index in [1.807, 2.05) is 45.0 Å². The molecule has 152 valence electrons. The number of phosphoric ester groups is 1. The largest absolute Gasteiger partial charge is 0.481 e. The van der Waals surface area contributed by atoms with Gasteiger partial charge < -0.3 is 20.0 Å². The summed E-state index contributed by atoms with van der Waals surface area (Å²) >= 11 is 0. The van der Waals surface area contributed by atoms with E-state index >= 15 is 0 Å². The van der Waals surface area contributed by atoms with Crippen molar-refractivity contribution in [3.05, 3.63) is 53.1 Å². The minimum absolute atomic E-state index is 0.280. The van der Waals surface area contributed by atoms with E-state index in [9.17, 15) is 9.13 Å². The second-order valence-corrected chi connectivity index (χ2v) is 9.03. The van der Waals surface area contributed by atoms with Crippen LogP contribution in [0.15, 0.2) is 47.6 Å². The summed E-state index contributed by atoms with van der Waals surface area (Å²) in [5.41, 5.74) is 4.38. The average molecular weight is 419 g/mol. The van der Waals surface area contributed by atoms with Gasteiger partial charge in [-0.15, -0.1) is 0 Å². The van der Waals surface area contributed by atoms with Crippen molar-refractivity contribution in [3.63, 3.8) is 0 Å². The number of nitrogens with one attached hydrogen (secondary N) is 1. The molecule has 1 unspecified atom stereocenters. The van der Waals surface area contributed by atoms with E-state index in [2.05, 4.69) is 20.2 Å². The number of hydrogen-bond donors (Lipinski definition) is 4. The molecule has 0 amide bonds. The first-order valence-corrected chi connectivity index (χ1v) is 11.4. The molecule has 1 aromatic rings. The van der Waals surface area contributed by atoms with Gasteiger partial charge in [-0.3, -0.25) is 4.52 Å². The third-order valence-corrected chi connectivity index (χ3v) is 5.69. The first-order chi connectivity index (χ1) is 12.5. The molecule has 4 N–H and O–H groups in total. The minimum Gasteiger partial charge on any atom is -0.381 e. The van der Waals surface area contributed by atoms with Gasteiger partial charge in [0, 0.05) is 12.2 Å². The molecule has 10 heteroatoms. The van der Waals surface area contributed by atoms with Crippen molar-refractivity contribution in [1.82, 2.24) is 0 Å². The molecule has 1 atom stereocenters.